The van der Waals surface area contributed by atoms with E-state index in [0.717, 1.165) is 50.2 Å². The average Bonchev–Trinajstić information content (AvgIpc) is 2.99. The number of amides is 1. The molecule has 1 heterocycles. The Kier molecular flexibility index (Phi) is 3.35. The quantitative estimate of drug-likeness (QED) is 0.803. The average molecular weight is 250 g/mol. The van der Waals surface area contributed by atoms with E-state index in [9.17, 15) is 4.79 Å². The van der Waals surface area contributed by atoms with Crippen LogP contribution in [0.15, 0.2) is 0 Å². The Morgan fingerprint density at radius 2 is 2.28 bits per heavy atom. The lowest BCUT2D eigenvalue weighted by molar-refractivity contribution is -0.131. The number of carbonyl (C=O) groups excluding carboxylic acids is 1. The van der Waals surface area contributed by atoms with Crippen molar-refractivity contribution in [2.45, 2.75) is 45.4 Å². The van der Waals surface area contributed by atoms with Crippen molar-refractivity contribution in [1.82, 2.24) is 10.6 Å². The van der Waals surface area contributed by atoms with E-state index < -0.39 is 0 Å². The van der Waals surface area contributed by atoms with E-state index in [1.807, 2.05) is 0 Å². The third-order valence-electron chi connectivity index (χ3n) is 5.55. The summed E-state index contributed by atoms with van der Waals surface area (Å²) in [7, 11) is 0. The highest BCUT2D eigenvalue weighted by atomic mass is 16.2. The maximum atomic E-state index is 12.3. The van der Waals surface area contributed by atoms with E-state index in [1.165, 1.54) is 25.7 Å². The Morgan fingerprint density at radius 1 is 1.39 bits per heavy atom. The molecule has 0 radical (unpaired) electrons. The zero-order valence-electron chi connectivity index (χ0n) is 11.5. The molecule has 0 aromatic carbocycles. The van der Waals surface area contributed by atoms with Gasteiger partial charge < -0.3 is 10.6 Å². The van der Waals surface area contributed by atoms with E-state index >= 15 is 0 Å². The number of nitrogens with one attached hydrogen (secondary N) is 2. The fourth-order valence-electron chi connectivity index (χ4n) is 4.31. The highest BCUT2D eigenvalue weighted by molar-refractivity contribution is 5.82. The van der Waals surface area contributed by atoms with Gasteiger partial charge in [-0.1, -0.05) is 6.42 Å². The molecule has 2 aliphatic carbocycles. The van der Waals surface area contributed by atoms with Gasteiger partial charge in [0.25, 0.3) is 0 Å². The predicted molar refractivity (Wildman–Crippen MR) is 72.2 cm³/mol. The molecule has 3 nitrogen and oxygen atoms in total. The second kappa shape index (κ2) is 4.84. The van der Waals surface area contributed by atoms with Crippen LogP contribution in [-0.2, 0) is 4.79 Å². The lowest BCUT2D eigenvalue weighted by Gasteiger charge is -2.33. The van der Waals surface area contributed by atoms with Crippen LogP contribution in [-0.4, -0.2) is 25.5 Å². The van der Waals surface area contributed by atoms with Crippen molar-refractivity contribution in [3.63, 3.8) is 0 Å². The summed E-state index contributed by atoms with van der Waals surface area (Å²) in [4.78, 5) is 12.3. The van der Waals surface area contributed by atoms with Crippen molar-refractivity contribution in [3.8, 4) is 0 Å². The Hall–Kier alpha value is -0.570. The number of hydrogen-bond donors (Lipinski definition) is 2. The van der Waals surface area contributed by atoms with E-state index in [0.29, 0.717) is 0 Å². The first kappa shape index (κ1) is 12.5. The third kappa shape index (κ3) is 2.29. The topological polar surface area (TPSA) is 41.1 Å². The van der Waals surface area contributed by atoms with Crippen LogP contribution < -0.4 is 10.6 Å². The molecule has 3 fully saturated rings. The SMILES string of the molecule is CC1(C(=O)NCC2CC3CCC2C3)CCCNC1. The highest BCUT2D eigenvalue weighted by Gasteiger charge is 2.40. The van der Waals surface area contributed by atoms with Crippen molar-refractivity contribution < 1.29 is 4.79 Å². The Morgan fingerprint density at radius 3 is 2.89 bits per heavy atom. The normalized spacial score (nSPS) is 43.1. The smallest absolute Gasteiger partial charge is 0.227 e. The van der Waals surface area contributed by atoms with Crippen LogP contribution in [0.2, 0.25) is 0 Å². The number of piperidine rings is 1. The molecule has 0 aromatic heterocycles. The second-order valence-electron chi connectivity index (χ2n) is 6.99. The first-order valence-electron chi connectivity index (χ1n) is 7.66. The zero-order valence-corrected chi connectivity index (χ0v) is 11.5. The second-order valence-corrected chi connectivity index (χ2v) is 6.99. The highest BCUT2D eigenvalue weighted by Crippen LogP contribution is 2.48. The molecule has 0 aromatic rings. The van der Waals surface area contributed by atoms with Crippen LogP contribution in [0.1, 0.15) is 45.4 Å². The van der Waals surface area contributed by atoms with Gasteiger partial charge in [-0.2, -0.15) is 0 Å². The molecule has 18 heavy (non-hydrogen) atoms. The predicted octanol–water partition coefficient (Wildman–Crippen LogP) is 1.93. The van der Waals surface area contributed by atoms with Crippen molar-refractivity contribution in [1.29, 1.82) is 0 Å². The molecule has 102 valence electrons. The van der Waals surface area contributed by atoms with Gasteiger partial charge in [-0.3, -0.25) is 4.79 Å². The maximum absolute atomic E-state index is 12.3. The summed E-state index contributed by atoms with van der Waals surface area (Å²) >= 11 is 0. The molecule has 3 rings (SSSR count). The summed E-state index contributed by atoms with van der Waals surface area (Å²) < 4.78 is 0. The van der Waals surface area contributed by atoms with E-state index in [2.05, 4.69) is 17.6 Å². The van der Waals surface area contributed by atoms with E-state index in [-0.39, 0.29) is 11.3 Å². The van der Waals surface area contributed by atoms with Crippen LogP contribution in [0.25, 0.3) is 0 Å². The lowest BCUT2D eigenvalue weighted by atomic mass is 9.81. The minimum absolute atomic E-state index is 0.171. The van der Waals surface area contributed by atoms with Gasteiger partial charge in [0.15, 0.2) is 0 Å². The molecule has 2 N–H and O–H groups in total. The lowest BCUT2D eigenvalue weighted by Crippen LogP contribution is -2.49. The molecule has 2 saturated carbocycles. The summed E-state index contributed by atoms with van der Waals surface area (Å²) in [5.74, 6) is 2.93. The first-order valence-corrected chi connectivity index (χ1v) is 7.66. The van der Waals surface area contributed by atoms with E-state index in [1.54, 1.807) is 0 Å². The molecular weight excluding hydrogens is 224 g/mol. The van der Waals surface area contributed by atoms with Crippen LogP contribution in [0, 0.1) is 23.2 Å². The van der Waals surface area contributed by atoms with Gasteiger partial charge in [0, 0.05) is 13.1 Å². The number of hydrogen-bond acceptors (Lipinski definition) is 2. The molecule has 4 atom stereocenters. The Bertz CT molecular complexity index is 322. The van der Waals surface area contributed by atoms with Gasteiger partial charge in [-0.05, 0) is 63.3 Å². The van der Waals surface area contributed by atoms with Gasteiger partial charge >= 0.3 is 0 Å². The van der Waals surface area contributed by atoms with Gasteiger partial charge in [0.2, 0.25) is 5.91 Å². The molecule has 3 aliphatic rings. The maximum Gasteiger partial charge on any atom is 0.227 e. The van der Waals surface area contributed by atoms with Crippen molar-refractivity contribution in [3.05, 3.63) is 0 Å². The van der Waals surface area contributed by atoms with Crippen molar-refractivity contribution in [2.24, 2.45) is 23.2 Å². The van der Waals surface area contributed by atoms with Crippen LogP contribution in [0.3, 0.4) is 0 Å². The monoisotopic (exact) mass is 250 g/mol. The molecule has 1 saturated heterocycles. The molecule has 4 unspecified atom stereocenters. The molecule has 3 heteroatoms. The van der Waals surface area contributed by atoms with Crippen LogP contribution in [0.5, 0.6) is 0 Å². The standard InChI is InChI=1S/C15H26N2O/c1-15(5-2-6-16-10-15)14(18)17-9-13-8-11-3-4-12(13)7-11/h11-13,16H,2-10H2,1H3,(H,17,18). The largest absolute Gasteiger partial charge is 0.355 e. The van der Waals surface area contributed by atoms with Gasteiger partial charge in [-0.25, -0.2) is 0 Å². The van der Waals surface area contributed by atoms with Crippen molar-refractivity contribution in [2.75, 3.05) is 19.6 Å². The summed E-state index contributed by atoms with van der Waals surface area (Å²) in [6.45, 7) is 4.94. The van der Waals surface area contributed by atoms with Gasteiger partial charge in [-0.15, -0.1) is 0 Å². The number of rotatable bonds is 3. The fourth-order valence-corrected chi connectivity index (χ4v) is 4.31. The number of carbonyl (C=O) groups is 1. The van der Waals surface area contributed by atoms with Gasteiger partial charge in [0.1, 0.15) is 0 Å². The fraction of sp³-hybridized carbons (Fsp3) is 0.933. The van der Waals surface area contributed by atoms with E-state index in [4.69, 9.17) is 0 Å². The van der Waals surface area contributed by atoms with Crippen LogP contribution in [0.4, 0.5) is 0 Å². The summed E-state index contributed by atoms with van der Waals surface area (Å²) in [5, 5.41) is 6.59. The molecule has 2 bridgehead atoms. The molecular formula is C15H26N2O. The van der Waals surface area contributed by atoms with Gasteiger partial charge in [0.05, 0.1) is 5.41 Å². The summed E-state index contributed by atoms with van der Waals surface area (Å²) in [5.41, 5.74) is -0.171. The minimum Gasteiger partial charge on any atom is -0.355 e. The summed E-state index contributed by atoms with van der Waals surface area (Å²) in [6.07, 6.45) is 7.79. The molecule has 1 aliphatic heterocycles. The molecule has 0 spiro atoms. The van der Waals surface area contributed by atoms with Crippen molar-refractivity contribution >= 4 is 5.91 Å². The Labute approximate surface area is 110 Å². The zero-order chi connectivity index (χ0) is 12.6. The molecule has 1 amide bonds. The summed E-state index contributed by atoms with van der Waals surface area (Å²) in [6, 6.07) is 0. The van der Waals surface area contributed by atoms with Crippen LogP contribution >= 0.6 is 0 Å². The first-order chi connectivity index (χ1) is 8.67. The number of fused-ring (bicyclic) bond motifs is 2. The minimum atomic E-state index is -0.171. The third-order valence-corrected chi connectivity index (χ3v) is 5.55. The Balaban J connectivity index is 1.49.